The fourth-order valence-electron chi connectivity index (χ4n) is 1.77. The van der Waals surface area contributed by atoms with Crippen molar-refractivity contribution in [2.24, 2.45) is 0 Å². The van der Waals surface area contributed by atoms with Crippen molar-refractivity contribution in [1.82, 2.24) is 0 Å². The van der Waals surface area contributed by atoms with Crippen molar-refractivity contribution in [3.63, 3.8) is 0 Å². The summed E-state index contributed by atoms with van der Waals surface area (Å²) in [7, 11) is -4.04. The molecule has 0 bridgehead atoms. The van der Waals surface area contributed by atoms with E-state index in [1.807, 2.05) is 13.8 Å². The number of halogens is 2. The minimum Gasteiger partial charge on any atom is -0.397 e. The van der Waals surface area contributed by atoms with Crippen LogP contribution in [0.5, 0.6) is 0 Å². The molecule has 21 heavy (non-hydrogen) atoms. The van der Waals surface area contributed by atoms with Crippen molar-refractivity contribution >= 4 is 21.4 Å². The third-order valence-electron chi connectivity index (χ3n) is 3.11. The molecule has 0 atom stereocenters. The number of nitrogens with two attached hydrogens (primary N) is 1. The summed E-state index contributed by atoms with van der Waals surface area (Å²) in [6, 6.07) is 5.58. The van der Waals surface area contributed by atoms with E-state index in [9.17, 15) is 17.2 Å². The first kappa shape index (κ1) is 15.2. The van der Waals surface area contributed by atoms with Crippen molar-refractivity contribution < 1.29 is 17.2 Å². The van der Waals surface area contributed by atoms with Crippen molar-refractivity contribution in [2.45, 2.75) is 18.7 Å². The van der Waals surface area contributed by atoms with Crippen LogP contribution in [0.25, 0.3) is 0 Å². The van der Waals surface area contributed by atoms with Crippen LogP contribution in [0.4, 0.5) is 20.2 Å². The van der Waals surface area contributed by atoms with Gasteiger partial charge in [-0.1, -0.05) is 0 Å². The first-order valence-electron chi connectivity index (χ1n) is 6.05. The number of rotatable bonds is 3. The summed E-state index contributed by atoms with van der Waals surface area (Å²) < 4.78 is 52.6. The van der Waals surface area contributed by atoms with E-state index >= 15 is 0 Å². The number of hydrogen-bond donors (Lipinski definition) is 2. The highest BCUT2D eigenvalue weighted by atomic mass is 32.2. The zero-order valence-electron chi connectivity index (χ0n) is 11.4. The highest BCUT2D eigenvalue weighted by molar-refractivity contribution is 7.92. The summed E-state index contributed by atoms with van der Waals surface area (Å²) in [5.41, 5.74) is 7.99. The highest BCUT2D eigenvalue weighted by Crippen LogP contribution is 2.26. The first-order valence-corrected chi connectivity index (χ1v) is 7.53. The average molecular weight is 312 g/mol. The molecule has 0 spiro atoms. The van der Waals surface area contributed by atoms with E-state index in [0.29, 0.717) is 6.07 Å². The van der Waals surface area contributed by atoms with E-state index in [2.05, 4.69) is 4.72 Å². The van der Waals surface area contributed by atoms with E-state index in [0.717, 1.165) is 23.3 Å². The maximum Gasteiger partial charge on any atom is 0.262 e. The Hall–Kier alpha value is -2.15. The third-order valence-corrected chi connectivity index (χ3v) is 4.47. The lowest BCUT2D eigenvalue weighted by atomic mass is 10.1. The van der Waals surface area contributed by atoms with E-state index < -0.39 is 21.7 Å². The second-order valence-corrected chi connectivity index (χ2v) is 6.39. The summed E-state index contributed by atoms with van der Waals surface area (Å²) >= 11 is 0. The zero-order valence-corrected chi connectivity index (χ0v) is 12.3. The van der Waals surface area contributed by atoms with Crippen LogP contribution in [0.1, 0.15) is 11.1 Å². The molecule has 4 nitrogen and oxygen atoms in total. The van der Waals surface area contributed by atoms with Gasteiger partial charge < -0.3 is 5.73 Å². The van der Waals surface area contributed by atoms with Gasteiger partial charge in [0.05, 0.1) is 16.3 Å². The van der Waals surface area contributed by atoms with Crippen molar-refractivity contribution in [2.75, 3.05) is 10.5 Å². The summed E-state index contributed by atoms with van der Waals surface area (Å²) in [5.74, 6) is -2.34. The van der Waals surface area contributed by atoms with Gasteiger partial charge in [0.15, 0.2) is 11.6 Å². The van der Waals surface area contributed by atoms with Crippen LogP contribution in [0.15, 0.2) is 35.2 Å². The summed E-state index contributed by atoms with van der Waals surface area (Å²) in [5, 5.41) is 0. The Kier molecular flexibility index (Phi) is 3.87. The lowest BCUT2D eigenvalue weighted by molar-refractivity contribution is 0.504. The molecule has 0 aliphatic heterocycles. The molecular formula is C14H14F2N2O2S. The van der Waals surface area contributed by atoms with Gasteiger partial charge >= 0.3 is 0 Å². The van der Waals surface area contributed by atoms with Crippen LogP contribution in [0.2, 0.25) is 0 Å². The minimum atomic E-state index is -4.04. The predicted octanol–water partition coefficient (Wildman–Crippen LogP) is 2.96. The SMILES string of the molecule is Cc1cc(N)c(NS(=O)(=O)c2ccc(F)c(F)c2)cc1C. The quantitative estimate of drug-likeness (QED) is 0.856. The monoisotopic (exact) mass is 312 g/mol. The largest absolute Gasteiger partial charge is 0.397 e. The van der Waals surface area contributed by atoms with Crippen LogP contribution >= 0.6 is 0 Å². The molecule has 0 aliphatic carbocycles. The Labute approximate surface area is 121 Å². The minimum absolute atomic E-state index is 0.197. The number of nitrogens with one attached hydrogen (secondary N) is 1. The smallest absolute Gasteiger partial charge is 0.262 e. The first-order chi connectivity index (χ1) is 9.70. The number of aryl methyl sites for hydroxylation is 2. The molecule has 0 unspecified atom stereocenters. The molecule has 3 N–H and O–H groups in total. The van der Waals surface area contributed by atoms with Gasteiger partial charge in [0.25, 0.3) is 10.0 Å². The van der Waals surface area contributed by atoms with Crippen molar-refractivity contribution in [3.05, 3.63) is 53.1 Å². The summed E-state index contributed by atoms with van der Waals surface area (Å²) in [4.78, 5) is -0.376. The van der Waals surface area contributed by atoms with Crippen LogP contribution in [0, 0.1) is 25.5 Å². The van der Waals surface area contributed by atoms with Crippen LogP contribution in [0.3, 0.4) is 0 Å². The van der Waals surface area contributed by atoms with E-state index in [4.69, 9.17) is 5.73 Å². The fourth-order valence-corrected chi connectivity index (χ4v) is 2.86. The van der Waals surface area contributed by atoms with Gasteiger partial charge in [-0.3, -0.25) is 4.72 Å². The van der Waals surface area contributed by atoms with Gasteiger partial charge in [0.2, 0.25) is 0 Å². The Balaban J connectivity index is 2.42. The zero-order chi connectivity index (χ0) is 15.8. The lowest BCUT2D eigenvalue weighted by Gasteiger charge is -2.12. The van der Waals surface area contributed by atoms with E-state index in [1.54, 1.807) is 12.1 Å². The van der Waals surface area contributed by atoms with Crippen LogP contribution in [-0.4, -0.2) is 8.42 Å². The highest BCUT2D eigenvalue weighted by Gasteiger charge is 2.18. The third kappa shape index (κ3) is 3.13. The molecule has 0 heterocycles. The van der Waals surface area contributed by atoms with Crippen molar-refractivity contribution in [3.8, 4) is 0 Å². The summed E-state index contributed by atoms with van der Waals surface area (Å²) in [6.45, 7) is 3.66. The molecule has 0 fully saturated rings. The van der Waals surface area contributed by atoms with Gasteiger partial charge in [-0.05, 0) is 55.3 Å². The van der Waals surface area contributed by atoms with Gasteiger partial charge in [-0.15, -0.1) is 0 Å². The Bertz CT molecular complexity index is 805. The molecular weight excluding hydrogens is 298 g/mol. The molecule has 0 saturated carbocycles. The van der Waals surface area contributed by atoms with E-state index in [1.165, 1.54) is 0 Å². The molecule has 0 radical (unpaired) electrons. The molecule has 2 aromatic carbocycles. The number of sulfonamides is 1. The number of nitrogen functional groups attached to an aromatic ring is 1. The van der Waals surface area contributed by atoms with Gasteiger partial charge in [0, 0.05) is 0 Å². The predicted molar refractivity (Wildman–Crippen MR) is 77.5 cm³/mol. The number of benzene rings is 2. The Morgan fingerprint density at radius 1 is 1.00 bits per heavy atom. The average Bonchev–Trinajstić information content (AvgIpc) is 2.39. The Morgan fingerprint density at radius 2 is 1.62 bits per heavy atom. The standard InChI is InChI=1S/C14H14F2N2O2S/c1-8-5-13(17)14(6-9(8)2)18-21(19,20)10-3-4-11(15)12(16)7-10/h3-7,18H,17H2,1-2H3. The number of hydrogen-bond acceptors (Lipinski definition) is 3. The molecule has 0 aromatic heterocycles. The normalized spacial score (nSPS) is 11.4. The van der Waals surface area contributed by atoms with Crippen LogP contribution < -0.4 is 10.5 Å². The second kappa shape index (κ2) is 5.33. The van der Waals surface area contributed by atoms with Gasteiger partial charge in [-0.2, -0.15) is 0 Å². The molecule has 112 valence electrons. The van der Waals surface area contributed by atoms with Crippen LogP contribution in [-0.2, 0) is 10.0 Å². The molecule has 2 rings (SSSR count). The van der Waals surface area contributed by atoms with E-state index in [-0.39, 0.29) is 16.3 Å². The Morgan fingerprint density at radius 3 is 2.24 bits per heavy atom. The van der Waals surface area contributed by atoms with Gasteiger partial charge in [0.1, 0.15) is 0 Å². The summed E-state index contributed by atoms with van der Waals surface area (Å²) in [6.07, 6.45) is 0. The topological polar surface area (TPSA) is 72.2 Å². The van der Waals surface area contributed by atoms with Crippen molar-refractivity contribution in [1.29, 1.82) is 0 Å². The molecule has 7 heteroatoms. The molecule has 0 saturated heterocycles. The van der Waals surface area contributed by atoms with Gasteiger partial charge in [-0.25, -0.2) is 17.2 Å². The molecule has 0 aliphatic rings. The maximum absolute atomic E-state index is 13.2. The number of anilines is 2. The fraction of sp³-hybridized carbons (Fsp3) is 0.143. The molecule has 2 aromatic rings. The molecule has 0 amide bonds. The second-order valence-electron chi connectivity index (χ2n) is 4.71. The maximum atomic E-state index is 13.2. The lowest BCUT2D eigenvalue weighted by Crippen LogP contribution is -2.15.